The fraction of sp³-hybridized carbons (Fsp3) is 0.933. The van der Waals surface area contributed by atoms with Gasteiger partial charge in [-0.3, -0.25) is 4.90 Å². The highest BCUT2D eigenvalue weighted by Gasteiger charge is 2.38. The molecule has 1 fully saturated rings. The summed E-state index contributed by atoms with van der Waals surface area (Å²) in [6.07, 6.45) is 4.84. The van der Waals surface area contributed by atoms with Gasteiger partial charge in [0.1, 0.15) is 0 Å². The van der Waals surface area contributed by atoms with Gasteiger partial charge in [0, 0.05) is 5.54 Å². The van der Waals surface area contributed by atoms with E-state index in [2.05, 4.69) is 0 Å². The van der Waals surface area contributed by atoms with Crippen LogP contribution in [0, 0.1) is 5.92 Å². The maximum Gasteiger partial charge on any atom is 0.408 e. The molecular weight excluding hydrogens is 278 g/mol. The molecule has 20 heavy (non-hydrogen) atoms. The summed E-state index contributed by atoms with van der Waals surface area (Å²) in [5, 5.41) is 19.7. The number of alkyl halides is 1. The van der Waals surface area contributed by atoms with E-state index in [4.69, 9.17) is 11.6 Å². The second-order valence-corrected chi connectivity index (χ2v) is 7.16. The monoisotopic (exact) mass is 305 g/mol. The van der Waals surface area contributed by atoms with Gasteiger partial charge in [0.2, 0.25) is 0 Å². The maximum absolute atomic E-state index is 11.6. The first-order chi connectivity index (χ1) is 9.27. The molecule has 5 heteroatoms. The molecule has 0 aromatic carbocycles. The van der Waals surface area contributed by atoms with E-state index in [1.54, 1.807) is 0 Å². The number of rotatable bonds is 5. The van der Waals surface area contributed by atoms with Crippen LogP contribution < -0.4 is 0 Å². The molecule has 1 aliphatic rings. The second-order valence-electron chi connectivity index (χ2n) is 6.85. The first kappa shape index (κ1) is 17.6. The van der Waals surface area contributed by atoms with Gasteiger partial charge in [-0.1, -0.05) is 32.1 Å². The minimum absolute atomic E-state index is 0.0667. The number of halogens is 1. The van der Waals surface area contributed by atoms with Gasteiger partial charge in [0.05, 0.1) is 18.0 Å². The molecule has 4 nitrogen and oxygen atoms in total. The predicted molar refractivity (Wildman–Crippen MR) is 81.3 cm³/mol. The third kappa shape index (κ3) is 4.81. The summed E-state index contributed by atoms with van der Waals surface area (Å²) in [5.41, 5.74) is -0.543. The Hall–Kier alpha value is -0.480. The Balaban J connectivity index is 2.88. The van der Waals surface area contributed by atoms with Gasteiger partial charge in [-0.15, -0.1) is 11.6 Å². The van der Waals surface area contributed by atoms with Gasteiger partial charge < -0.3 is 10.2 Å². The number of aliphatic hydroxyl groups is 1. The molecule has 2 N–H and O–H groups in total. The van der Waals surface area contributed by atoms with Crippen molar-refractivity contribution in [3.63, 3.8) is 0 Å². The lowest BCUT2D eigenvalue weighted by atomic mass is 9.82. The number of nitrogens with zero attached hydrogens (tertiary/aromatic N) is 1. The van der Waals surface area contributed by atoms with Crippen molar-refractivity contribution in [1.29, 1.82) is 0 Å². The van der Waals surface area contributed by atoms with Crippen molar-refractivity contribution in [2.24, 2.45) is 5.92 Å². The topological polar surface area (TPSA) is 60.8 Å². The largest absolute Gasteiger partial charge is 0.465 e. The second kappa shape index (κ2) is 7.51. The third-order valence-electron chi connectivity index (χ3n) is 4.16. The van der Waals surface area contributed by atoms with Crippen molar-refractivity contribution in [2.45, 2.75) is 77.0 Å². The minimum atomic E-state index is -0.984. The first-order valence-electron chi connectivity index (χ1n) is 7.53. The van der Waals surface area contributed by atoms with Crippen molar-refractivity contribution in [1.82, 2.24) is 4.90 Å². The van der Waals surface area contributed by atoms with Gasteiger partial charge in [-0.2, -0.15) is 0 Å². The van der Waals surface area contributed by atoms with E-state index in [1.807, 2.05) is 20.8 Å². The van der Waals surface area contributed by atoms with E-state index in [9.17, 15) is 15.0 Å². The number of amides is 1. The van der Waals surface area contributed by atoms with E-state index >= 15 is 0 Å². The lowest BCUT2D eigenvalue weighted by Crippen LogP contribution is -2.56. The fourth-order valence-electron chi connectivity index (χ4n) is 3.23. The van der Waals surface area contributed by atoms with E-state index in [1.165, 1.54) is 24.2 Å². The van der Waals surface area contributed by atoms with Gasteiger partial charge in [-0.25, -0.2) is 4.79 Å². The Morgan fingerprint density at radius 3 is 2.25 bits per heavy atom. The molecule has 1 rings (SSSR count). The van der Waals surface area contributed by atoms with Crippen LogP contribution in [-0.4, -0.2) is 44.8 Å². The zero-order valence-electron chi connectivity index (χ0n) is 12.8. The molecule has 1 saturated carbocycles. The molecule has 0 aliphatic heterocycles. The van der Waals surface area contributed by atoms with Crippen molar-refractivity contribution >= 4 is 17.7 Å². The smallest absolute Gasteiger partial charge is 0.408 e. The normalized spacial score (nSPS) is 20.4. The van der Waals surface area contributed by atoms with Crippen molar-refractivity contribution < 1.29 is 15.0 Å². The van der Waals surface area contributed by atoms with E-state index in [0.29, 0.717) is 12.3 Å². The van der Waals surface area contributed by atoms with Crippen molar-refractivity contribution in [3.8, 4) is 0 Å². The van der Waals surface area contributed by atoms with Gasteiger partial charge in [-0.05, 0) is 33.1 Å². The summed E-state index contributed by atoms with van der Waals surface area (Å²) in [5.74, 6) is 0.563. The summed E-state index contributed by atoms with van der Waals surface area (Å²) < 4.78 is 0. The molecule has 1 amide bonds. The van der Waals surface area contributed by atoms with Crippen LogP contribution in [0.3, 0.4) is 0 Å². The number of carboxylic acid groups (broad SMARTS) is 1. The predicted octanol–water partition coefficient (Wildman–Crippen LogP) is 3.70. The maximum atomic E-state index is 11.6. The average molecular weight is 306 g/mol. The van der Waals surface area contributed by atoms with Crippen LogP contribution in [-0.2, 0) is 0 Å². The lowest BCUT2D eigenvalue weighted by Gasteiger charge is -2.43. The Kier molecular flexibility index (Phi) is 6.59. The molecule has 1 aliphatic carbocycles. The molecule has 0 heterocycles. The lowest BCUT2D eigenvalue weighted by molar-refractivity contribution is 0.00324. The fourth-order valence-corrected chi connectivity index (χ4v) is 3.43. The zero-order valence-corrected chi connectivity index (χ0v) is 13.6. The highest BCUT2D eigenvalue weighted by Crippen LogP contribution is 2.32. The van der Waals surface area contributed by atoms with E-state index < -0.39 is 23.8 Å². The molecule has 0 aromatic rings. The SMILES string of the molecule is CC(C)(C)N(C(=O)O)[C@@H](CC1CCCCC1)[C@@H](O)CCl. The zero-order chi connectivity index (χ0) is 15.3. The van der Waals surface area contributed by atoms with Crippen LogP contribution in [0.2, 0.25) is 0 Å². The van der Waals surface area contributed by atoms with Crippen LogP contribution in [0.1, 0.15) is 59.3 Å². The summed E-state index contributed by atoms with van der Waals surface area (Å²) >= 11 is 5.79. The molecule has 0 bridgehead atoms. The Morgan fingerprint density at radius 1 is 1.30 bits per heavy atom. The summed E-state index contributed by atoms with van der Waals surface area (Å²) in [6, 6.07) is -0.423. The summed E-state index contributed by atoms with van der Waals surface area (Å²) in [4.78, 5) is 13.0. The van der Waals surface area contributed by atoms with Crippen molar-refractivity contribution in [2.75, 3.05) is 5.88 Å². The third-order valence-corrected chi connectivity index (χ3v) is 4.48. The van der Waals surface area contributed by atoms with E-state index in [-0.39, 0.29) is 5.88 Å². The highest BCUT2D eigenvalue weighted by molar-refractivity contribution is 6.18. The highest BCUT2D eigenvalue weighted by atomic mass is 35.5. The number of aliphatic hydroxyl groups excluding tert-OH is 1. The molecule has 0 unspecified atom stereocenters. The molecule has 0 saturated heterocycles. The van der Waals surface area contributed by atoms with Gasteiger partial charge in [0.25, 0.3) is 0 Å². The van der Waals surface area contributed by atoms with Gasteiger partial charge >= 0.3 is 6.09 Å². The van der Waals surface area contributed by atoms with Crippen LogP contribution in [0.15, 0.2) is 0 Å². The molecule has 2 atom stereocenters. The summed E-state index contributed by atoms with van der Waals surface area (Å²) in [6.45, 7) is 5.57. The Bertz CT molecular complexity index is 311. The standard InChI is InChI=1S/C15H28ClNO3/c1-15(2,3)17(14(19)20)12(13(18)10-16)9-11-7-5-4-6-8-11/h11-13,18H,4-10H2,1-3H3,(H,19,20)/t12-,13-/m0/s1. The molecule has 0 aromatic heterocycles. The van der Waals surface area contributed by atoms with Crippen LogP contribution in [0.25, 0.3) is 0 Å². The number of hydrogen-bond donors (Lipinski definition) is 2. The minimum Gasteiger partial charge on any atom is -0.465 e. The molecule has 0 spiro atoms. The quantitative estimate of drug-likeness (QED) is 0.761. The Morgan fingerprint density at radius 2 is 1.85 bits per heavy atom. The van der Waals surface area contributed by atoms with Crippen LogP contribution >= 0.6 is 11.6 Å². The Labute approximate surface area is 127 Å². The van der Waals surface area contributed by atoms with Crippen LogP contribution in [0.5, 0.6) is 0 Å². The molecule has 118 valence electrons. The molecule has 0 radical (unpaired) electrons. The van der Waals surface area contributed by atoms with Crippen LogP contribution in [0.4, 0.5) is 4.79 Å². The van der Waals surface area contributed by atoms with E-state index in [0.717, 1.165) is 12.8 Å². The van der Waals surface area contributed by atoms with Gasteiger partial charge in [0.15, 0.2) is 0 Å². The number of hydrogen-bond acceptors (Lipinski definition) is 2. The first-order valence-corrected chi connectivity index (χ1v) is 8.07. The average Bonchev–Trinajstić information content (AvgIpc) is 2.36. The van der Waals surface area contributed by atoms with Crippen molar-refractivity contribution in [3.05, 3.63) is 0 Å². The number of carbonyl (C=O) groups is 1. The molecular formula is C15H28ClNO3. The summed E-state index contributed by atoms with van der Waals surface area (Å²) in [7, 11) is 0.